The van der Waals surface area contributed by atoms with E-state index in [1.165, 1.54) is 11.3 Å². The molecule has 0 unspecified atom stereocenters. The quantitative estimate of drug-likeness (QED) is 0.491. The molecule has 4 aromatic heterocycles. The van der Waals surface area contributed by atoms with Gasteiger partial charge in [-0.25, -0.2) is 9.97 Å². The van der Waals surface area contributed by atoms with Gasteiger partial charge in [0.2, 0.25) is 0 Å². The Labute approximate surface area is 184 Å². The minimum atomic E-state index is -0.159. The summed E-state index contributed by atoms with van der Waals surface area (Å²) in [6.07, 6.45) is 9.37. The van der Waals surface area contributed by atoms with Crippen molar-refractivity contribution in [3.63, 3.8) is 0 Å². The van der Waals surface area contributed by atoms with Crippen LogP contribution in [-0.4, -0.2) is 32.0 Å². The minimum absolute atomic E-state index is 0.159. The lowest BCUT2D eigenvalue weighted by atomic mass is 10.2. The molecule has 31 heavy (non-hydrogen) atoms. The summed E-state index contributed by atoms with van der Waals surface area (Å²) in [5.74, 6) is 0.811. The van der Waals surface area contributed by atoms with E-state index in [9.17, 15) is 4.79 Å². The van der Waals surface area contributed by atoms with Crippen LogP contribution < -0.4 is 10.2 Å². The third-order valence-corrected chi connectivity index (χ3v) is 6.22. The Balaban J connectivity index is 1.29. The zero-order valence-electron chi connectivity index (χ0n) is 16.9. The third-order valence-electron chi connectivity index (χ3n) is 5.44. The SMILES string of the molecule is O=C(Nc1nc([C@H]2CCCN2c2ccccn2)cs1)c1cccn1Cc1ccncc1. The zero-order chi connectivity index (χ0) is 21.0. The highest BCUT2D eigenvalue weighted by molar-refractivity contribution is 7.14. The highest BCUT2D eigenvalue weighted by atomic mass is 32.1. The zero-order valence-corrected chi connectivity index (χ0v) is 17.7. The molecule has 0 aromatic carbocycles. The van der Waals surface area contributed by atoms with E-state index in [1.54, 1.807) is 12.4 Å². The Morgan fingerprint density at radius 3 is 2.87 bits per heavy atom. The molecule has 1 fully saturated rings. The molecule has 7 nitrogen and oxygen atoms in total. The van der Waals surface area contributed by atoms with Crippen LogP contribution in [0.4, 0.5) is 10.9 Å². The Morgan fingerprint density at radius 1 is 1.13 bits per heavy atom. The van der Waals surface area contributed by atoms with Gasteiger partial charge in [-0.2, -0.15) is 0 Å². The molecule has 0 radical (unpaired) electrons. The molecule has 8 heteroatoms. The van der Waals surface area contributed by atoms with Crippen molar-refractivity contribution in [2.24, 2.45) is 0 Å². The molecule has 0 spiro atoms. The van der Waals surface area contributed by atoms with E-state index >= 15 is 0 Å². The summed E-state index contributed by atoms with van der Waals surface area (Å²) in [4.78, 5) is 28.5. The second-order valence-electron chi connectivity index (χ2n) is 7.45. The molecule has 1 saturated heterocycles. The van der Waals surface area contributed by atoms with Crippen molar-refractivity contribution >= 4 is 28.2 Å². The summed E-state index contributed by atoms with van der Waals surface area (Å²) >= 11 is 1.46. The number of nitrogens with one attached hydrogen (secondary N) is 1. The smallest absolute Gasteiger partial charge is 0.274 e. The molecule has 0 bridgehead atoms. The lowest BCUT2D eigenvalue weighted by Gasteiger charge is -2.24. The second-order valence-corrected chi connectivity index (χ2v) is 8.31. The molecule has 1 N–H and O–H groups in total. The number of amides is 1. The first kappa shape index (κ1) is 19.4. The average Bonchev–Trinajstić information content (AvgIpc) is 3.56. The van der Waals surface area contributed by atoms with Gasteiger partial charge in [0.05, 0.1) is 11.7 Å². The predicted molar refractivity (Wildman–Crippen MR) is 121 cm³/mol. The Kier molecular flexibility index (Phi) is 5.45. The van der Waals surface area contributed by atoms with E-state index in [2.05, 4.69) is 20.2 Å². The predicted octanol–water partition coefficient (Wildman–Crippen LogP) is 4.38. The number of thiazole rings is 1. The number of hydrogen-bond acceptors (Lipinski definition) is 6. The summed E-state index contributed by atoms with van der Waals surface area (Å²) < 4.78 is 1.93. The van der Waals surface area contributed by atoms with Crippen LogP contribution in [0.1, 0.15) is 40.6 Å². The number of rotatable bonds is 6. The third kappa shape index (κ3) is 4.20. The Bertz CT molecular complexity index is 1160. The molecule has 0 saturated carbocycles. The van der Waals surface area contributed by atoms with Gasteiger partial charge in [-0.05, 0) is 54.8 Å². The summed E-state index contributed by atoms with van der Waals surface area (Å²) in [6, 6.07) is 13.8. The maximum absolute atomic E-state index is 12.9. The maximum Gasteiger partial charge on any atom is 0.274 e. The fourth-order valence-electron chi connectivity index (χ4n) is 3.97. The van der Waals surface area contributed by atoms with Crippen molar-refractivity contribution in [1.82, 2.24) is 19.5 Å². The monoisotopic (exact) mass is 430 g/mol. The van der Waals surface area contributed by atoms with Crippen LogP contribution in [0.5, 0.6) is 0 Å². The molecule has 1 aliphatic rings. The lowest BCUT2D eigenvalue weighted by Crippen LogP contribution is -2.23. The Hall–Kier alpha value is -3.52. The van der Waals surface area contributed by atoms with E-state index < -0.39 is 0 Å². The maximum atomic E-state index is 12.9. The van der Waals surface area contributed by atoms with Gasteiger partial charge in [-0.1, -0.05) is 6.07 Å². The van der Waals surface area contributed by atoms with Gasteiger partial charge in [0.1, 0.15) is 11.5 Å². The summed E-state index contributed by atoms with van der Waals surface area (Å²) in [5, 5.41) is 5.62. The summed E-state index contributed by atoms with van der Waals surface area (Å²) in [5.41, 5.74) is 2.67. The average molecular weight is 431 g/mol. The fraction of sp³-hybridized carbons (Fsp3) is 0.217. The second kappa shape index (κ2) is 8.69. The van der Waals surface area contributed by atoms with Crippen LogP contribution in [0.25, 0.3) is 0 Å². The van der Waals surface area contributed by atoms with Gasteiger partial charge in [0, 0.05) is 43.3 Å². The Morgan fingerprint density at radius 2 is 2.03 bits per heavy atom. The normalized spacial score (nSPS) is 15.9. The molecule has 4 aromatic rings. The van der Waals surface area contributed by atoms with E-state index in [0.717, 1.165) is 36.5 Å². The number of nitrogens with zero attached hydrogens (tertiary/aromatic N) is 5. The van der Waals surface area contributed by atoms with Gasteiger partial charge < -0.3 is 9.47 Å². The molecule has 5 rings (SSSR count). The van der Waals surface area contributed by atoms with Crippen LogP contribution in [0.2, 0.25) is 0 Å². The van der Waals surface area contributed by atoms with E-state index in [0.29, 0.717) is 17.4 Å². The van der Waals surface area contributed by atoms with E-state index in [1.807, 2.05) is 64.8 Å². The van der Waals surface area contributed by atoms with Crippen molar-refractivity contribution in [2.45, 2.75) is 25.4 Å². The number of aromatic nitrogens is 4. The first-order chi connectivity index (χ1) is 15.3. The molecule has 1 atom stereocenters. The summed E-state index contributed by atoms with van der Waals surface area (Å²) in [7, 11) is 0. The molecule has 1 amide bonds. The van der Waals surface area contributed by atoms with Crippen LogP contribution in [-0.2, 0) is 6.54 Å². The number of anilines is 2. The van der Waals surface area contributed by atoms with E-state index in [-0.39, 0.29) is 11.9 Å². The first-order valence-corrected chi connectivity index (χ1v) is 11.1. The first-order valence-electron chi connectivity index (χ1n) is 10.3. The number of carbonyl (C=O) groups is 1. The van der Waals surface area contributed by atoms with Crippen molar-refractivity contribution < 1.29 is 4.79 Å². The minimum Gasteiger partial charge on any atom is -0.348 e. The number of carbonyl (C=O) groups excluding carboxylic acids is 1. The fourth-order valence-corrected chi connectivity index (χ4v) is 4.72. The topological polar surface area (TPSA) is 75.9 Å². The lowest BCUT2D eigenvalue weighted by molar-refractivity contribution is 0.101. The molecule has 0 aliphatic carbocycles. The largest absolute Gasteiger partial charge is 0.348 e. The molecular formula is C23H22N6OS. The van der Waals surface area contributed by atoms with Crippen LogP contribution in [0.3, 0.4) is 0 Å². The van der Waals surface area contributed by atoms with Crippen LogP contribution >= 0.6 is 11.3 Å². The van der Waals surface area contributed by atoms with E-state index in [4.69, 9.17) is 4.98 Å². The standard InChI is InChI=1S/C23H22N6OS/c30-22(20-6-3-13-28(20)15-17-8-11-24-12-9-17)27-23-26-18(16-31-23)19-5-4-14-29(19)21-7-1-2-10-25-21/h1-3,6-13,16,19H,4-5,14-15H2,(H,26,27,30)/t19-/m1/s1. The van der Waals surface area contributed by atoms with Crippen molar-refractivity contribution in [1.29, 1.82) is 0 Å². The van der Waals surface area contributed by atoms with Crippen molar-refractivity contribution in [3.8, 4) is 0 Å². The van der Waals surface area contributed by atoms with Gasteiger partial charge in [-0.15, -0.1) is 11.3 Å². The number of hydrogen-bond donors (Lipinski definition) is 1. The van der Waals surface area contributed by atoms with Crippen molar-refractivity contribution in [3.05, 3.63) is 89.6 Å². The van der Waals surface area contributed by atoms with Gasteiger partial charge in [-0.3, -0.25) is 15.1 Å². The molecule has 1 aliphatic heterocycles. The summed E-state index contributed by atoms with van der Waals surface area (Å²) in [6.45, 7) is 1.58. The number of pyridine rings is 2. The van der Waals surface area contributed by atoms with Crippen LogP contribution in [0.15, 0.2) is 72.6 Å². The molecule has 5 heterocycles. The van der Waals surface area contributed by atoms with Gasteiger partial charge in [0.25, 0.3) is 5.91 Å². The van der Waals surface area contributed by atoms with Crippen molar-refractivity contribution in [2.75, 3.05) is 16.8 Å². The highest BCUT2D eigenvalue weighted by Gasteiger charge is 2.29. The molecular weight excluding hydrogens is 408 g/mol. The van der Waals surface area contributed by atoms with Crippen LogP contribution in [0, 0.1) is 0 Å². The molecule has 156 valence electrons. The highest BCUT2D eigenvalue weighted by Crippen LogP contribution is 2.36. The van der Waals surface area contributed by atoms with Gasteiger partial charge in [0.15, 0.2) is 5.13 Å². The van der Waals surface area contributed by atoms with Gasteiger partial charge >= 0.3 is 0 Å².